The molecule has 0 radical (unpaired) electrons. The van der Waals surface area contributed by atoms with Gasteiger partial charge in [-0.05, 0) is 37.8 Å². The first kappa shape index (κ1) is 16.2. The Kier molecular flexibility index (Phi) is 4.59. The Morgan fingerprint density at radius 2 is 2.17 bits per heavy atom. The van der Waals surface area contributed by atoms with Crippen molar-refractivity contribution in [3.8, 4) is 0 Å². The molecule has 1 aliphatic rings. The standard InChI is InChI=1S/C17H20N4O3/c1-11-3-2-4-13(18-11)16(12-5-6-12)19-14(22)7-9-21-10-8-15(23)20-17(21)24/h2-4,8,10,12,16H,5-7,9H2,1H3,(H,19,22)(H,20,23,24). The van der Waals surface area contributed by atoms with Gasteiger partial charge in [-0.15, -0.1) is 0 Å². The Morgan fingerprint density at radius 3 is 2.83 bits per heavy atom. The van der Waals surface area contributed by atoms with Crippen molar-refractivity contribution in [1.29, 1.82) is 0 Å². The van der Waals surface area contributed by atoms with Crippen LogP contribution in [-0.2, 0) is 11.3 Å². The van der Waals surface area contributed by atoms with Crippen LogP contribution in [0.1, 0.15) is 36.7 Å². The number of pyridine rings is 1. The molecule has 2 aromatic heterocycles. The van der Waals surface area contributed by atoms with Crippen molar-refractivity contribution in [1.82, 2.24) is 19.9 Å². The van der Waals surface area contributed by atoms with Crippen LogP contribution in [0.25, 0.3) is 0 Å². The topological polar surface area (TPSA) is 96.9 Å². The number of hydrogen-bond acceptors (Lipinski definition) is 4. The molecule has 1 unspecified atom stereocenters. The van der Waals surface area contributed by atoms with Gasteiger partial charge in [0, 0.05) is 30.9 Å². The number of rotatable bonds is 6. The predicted molar refractivity (Wildman–Crippen MR) is 88.5 cm³/mol. The minimum absolute atomic E-state index is 0.0790. The number of nitrogens with zero attached hydrogens (tertiary/aromatic N) is 2. The predicted octanol–water partition coefficient (Wildman–Crippen LogP) is 0.898. The van der Waals surface area contributed by atoms with E-state index >= 15 is 0 Å². The zero-order valence-electron chi connectivity index (χ0n) is 13.5. The van der Waals surface area contributed by atoms with Crippen LogP contribution in [0.2, 0.25) is 0 Å². The number of nitrogens with one attached hydrogen (secondary N) is 2. The summed E-state index contributed by atoms with van der Waals surface area (Å²) >= 11 is 0. The van der Waals surface area contributed by atoms with Gasteiger partial charge in [0.05, 0.1) is 11.7 Å². The fraction of sp³-hybridized carbons (Fsp3) is 0.412. The number of carbonyl (C=O) groups is 1. The van der Waals surface area contributed by atoms with Crippen molar-refractivity contribution >= 4 is 5.91 Å². The van der Waals surface area contributed by atoms with Gasteiger partial charge in [0.25, 0.3) is 5.56 Å². The summed E-state index contributed by atoms with van der Waals surface area (Å²) in [5.41, 5.74) is 0.855. The second kappa shape index (κ2) is 6.82. The summed E-state index contributed by atoms with van der Waals surface area (Å²) in [5, 5.41) is 3.03. The van der Waals surface area contributed by atoms with Crippen LogP contribution in [0.3, 0.4) is 0 Å². The first-order valence-electron chi connectivity index (χ1n) is 8.05. The molecule has 7 nitrogen and oxygen atoms in total. The van der Waals surface area contributed by atoms with Gasteiger partial charge in [-0.25, -0.2) is 4.79 Å². The Morgan fingerprint density at radius 1 is 1.38 bits per heavy atom. The average molecular weight is 328 g/mol. The SMILES string of the molecule is Cc1cccc(C(NC(=O)CCn2ccc(=O)[nH]c2=O)C2CC2)n1. The van der Waals surface area contributed by atoms with Crippen molar-refractivity contribution < 1.29 is 4.79 Å². The molecule has 0 spiro atoms. The summed E-state index contributed by atoms with van der Waals surface area (Å²) in [5.74, 6) is 0.298. The summed E-state index contributed by atoms with van der Waals surface area (Å²) in [6.45, 7) is 2.15. The van der Waals surface area contributed by atoms with E-state index in [1.54, 1.807) is 0 Å². The van der Waals surface area contributed by atoms with Gasteiger partial charge in [-0.3, -0.25) is 19.6 Å². The van der Waals surface area contributed by atoms with E-state index in [0.29, 0.717) is 5.92 Å². The molecule has 1 fully saturated rings. The summed E-state index contributed by atoms with van der Waals surface area (Å²) in [6, 6.07) is 6.99. The third kappa shape index (κ3) is 3.98. The molecule has 1 atom stereocenters. The average Bonchev–Trinajstić information content (AvgIpc) is 3.36. The van der Waals surface area contributed by atoms with Gasteiger partial charge in [-0.1, -0.05) is 6.07 Å². The van der Waals surface area contributed by atoms with Gasteiger partial charge >= 0.3 is 5.69 Å². The molecule has 2 N–H and O–H groups in total. The molecule has 126 valence electrons. The van der Waals surface area contributed by atoms with E-state index in [-0.39, 0.29) is 24.9 Å². The minimum Gasteiger partial charge on any atom is -0.347 e. The monoisotopic (exact) mass is 328 g/mol. The normalized spacial score (nSPS) is 15.0. The van der Waals surface area contributed by atoms with Crippen LogP contribution < -0.4 is 16.6 Å². The summed E-state index contributed by atoms with van der Waals surface area (Å²) in [6.07, 6.45) is 3.73. The Bertz CT molecular complexity index is 851. The second-order valence-electron chi connectivity index (χ2n) is 6.14. The van der Waals surface area contributed by atoms with Gasteiger partial charge < -0.3 is 9.88 Å². The molecule has 1 amide bonds. The number of amides is 1. The van der Waals surface area contributed by atoms with Crippen LogP contribution in [0, 0.1) is 12.8 Å². The van der Waals surface area contributed by atoms with E-state index in [1.807, 2.05) is 25.1 Å². The second-order valence-corrected chi connectivity index (χ2v) is 6.14. The first-order chi connectivity index (χ1) is 11.5. The number of hydrogen-bond donors (Lipinski definition) is 2. The highest BCUT2D eigenvalue weighted by Gasteiger charge is 2.34. The Labute approximate surface area is 138 Å². The Hall–Kier alpha value is -2.70. The maximum atomic E-state index is 12.3. The number of carbonyl (C=O) groups excluding carboxylic acids is 1. The molecule has 0 saturated heterocycles. The molecule has 2 heterocycles. The van der Waals surface area contributed by atoms with E-state index in [1.165, 1.54) is 16.8 Å². The zero-order chi connectivity index (χ0) is 17.1. The summed E-state index contributed by atoms with van der Waals surface area (Å²) in [7, 11) is 0. The lowest BCUT2D eigenvalue weighted by Crippen LogP contribution is -2.33. The van der Waals surface area contributed by atoms with E-state index in [9.17, 15) is 14.4 Å². The van der Waals surface area contributed by atoms with E-state index in [2.05, 4.69) is 15.3 Å². The van der Waals surface area contributed by atoms with Gasteiger partial charge in [-0.2, -0.15) is 0 Å². The van der Waals surface area contributed by atoms with Gasteiger partial charge in [0.2, 0.25) is 5.91 Å². The number of aromatic amines is 1. The molecule has 3 rings (SSSR count). The Balaban J connectivity index is 1.64. The van der Waals surface area contributed by atoms with E-state index in [4.69, 9.17) is 0 Å². The highest BCUT2D eigenvalue weighted by Crippen LogP contribution is 2.40. The molecular formula is C17H20N4O3. The minimum atomic E-state index is -0.505. The van der Waals surface area contributed by atoms with Crippen LogP contribution >= 0.6 is 0 Å². The van der Waals surface area contributed by atoms with Crippen LogP contribution in [0.4, 0.5) is 0 Å². The molecule has 24 heavy (non-hydrogen) atoms. The largest absolute Gasteiger partial charge is 0.347 e. The summed E-state index contributed by atoms with van der Waals surface area (Å²) < 4.78 is 1.32. The third-order valence-corrected chi connectivity index (χ3v) is 4.12. The number of aromatic nitrogens is 3. The van der Waals surface area contributed by atoms with Crippen molar-refractivity contribution in [3.63, 3.8) is 0 Å². The molecular weight excluding hydrogens is 308 g/mol. The lowest BCUT2D eigenvalue weighted by Gasteiger charge is -2.18. The fourth-order valence-electron chi connectivity index (χ4n) is 2.69. The van der Waals surface area contributed by atoms with Crippen molar-refractivity contribution in [2.75, 3.05) is 0 Å². The fourth-order valence-corrected chi connectivity index (χ4v) is 2.69. The van der Waals surface area contributed by atoms with Gasteiger partial charge in [0.15, 0.2) is 0 Å². The molecule has 0 aromatic carbocycles. The maximum absolute atomic E-state index is 12.3. The maximum Gasteiger partial charge on any atom is 0.328 e. The van der Waals surface area contributed by atoms with Crippen LogP contribution in [0.5, 0.6) is 0 Å². The lowest BCUT2D eigenvalue weighted by atomic mass is 10.1. The highest BCUT2D eigenvalue weighted by atomic mass is 16.2. The van der Waals surface area contributed by atoms with Crippen molar-refractivity contribution in [2.45, 2.75) is 38.8 Å². The van der Waals surface area contributed by atoms with E-state index in [0.717, 1.165) is 24.2 Å². The van der Waals surface area contributed by atoms with Crippen molar-refractivity contribution in [3.05, 3.63) is 62.7 Å². The summed E-state index contributed by atoms with van der Waals surface area (Å²) in [4.78, 5) is 41.6. The quantitative estimate of drug-likeness (QED) is 0.823. The molecule has 7 heteroatoms. The molecule has 0 bridgehead atoms. The number of aryl methyl sites for hydroxylation is 2. The first-order valence-corrected chi connectivity index (χ1v) is 8.05. The number of H-pyrrole nitrogens is 1. The molecule has 1 saturated carbocycles. The van der Waals surface area contributed by atoms with Crippen molar-refractivity contribution in [2.24, 2.45) is 5.92 Å². The smallest absolute Gasteiger partial charge is 0.328 e. The van der Waals surface area contributed by atoms with Gasteiger partial charge in [0.1, 0.15) is 0 Å². The van der Waals surface area contributed by atoms with E-state index < -0.39 is 11.2 Å². The molecule has 0 aliphatic heterocycles. The zero-order valence-corrected chi connectivity index (χ0v) is 13.5. The van der Waals surface area contributed by atoms with Crippen LogP contribution in [0.15, 0.2) is 40.1 Å². The van der Waals surface area contributed by atoms with Crippen LogP contribution in [-0.4, -0.2) is 20.4 Å². The third-order valence-electron chi connectivity index (χ3n) is 4.12. The molecule has 2 aromatic rings. The molecule has 1 aliphatic carbocycles. The highest BCUT2D eigenvalue weighted by molar-refractivity contribution is 5.76. The lowest BCUT2D eigenvalue weighted by molar-refractivity contribution is -0.122.